The van der Waals surface area contributed by atoms with Crippen molar-refractivity contribution in [2.75, 3.05) is 20.3 Å². The predicted octanol–water partition coefficient (Wildman–Crippen LogP) is 2.61. The molecule has 0 heterocycles. The van der Waals surface area contributed by atoms with Crippen LogP contribution < -0.4 is 5.32 Å². The van der Waals surface area contributed by atoms with E-state index in [1.54, 1.807) is 7.11 Å². The van der Waals surface area contributed by atoms with Gasteiger partial charge in [-0.3, -0.25) is 0 Å². The predicted molar refractivity (Wildman–Crippen MR) is 74.7 cm³/mol. The van der Waals surface area contributed by atoms with E-state index in [1.807, 2.05) is 18.2 Å². The van der Waals surface area contributed by atoms with Crippen molar-refractivity contribution < 1.29 is 9.47 Å². The first-order valence-corrected chi connectivity index (χ1v) is 6.41. The van der Waals surface area contributed by atoms with Gasteiger partial charge in [0, 0.05) is 19.2 Å². The highest BCUT2D eigenvalue weighted by Crippen LogP contribution is 2.05. The van der Waals surface area contributed by atoms with Crippen molar-refractivity contribution in [3.05, 3.63) is 35.9 Å². The van der Waals surface area contributed by atoms with E-state index in [0.717, 1.165) is 6.54 Å². The van der Waals surface area contributed by atoms with Gasteiger partial charge in [0.05, 0.1) is 19.3 Å². The summed E-state index contributed by atoms with van der Waals surface area (Å²) in [6, 6.07) is 10.2. The first-order valence-electron chi connectivity index (χ1n) is 6.41. The summed E-state index contributed by atoms with van der Waals surface area (Å²) in [5.74, 6) is 0. The molecule has 0 saturated carbocycles. The molecule has 0 saturated heterocycles. The first-order chi connectivity index (χ1) is 8.51. The molecule has 0 radical (unpaired) electrons. The van der Waals surface area contributed by atoms with E-state index in [-0.39, 0.29) is 11.6 Å². The van der Waals surface area contributed by atoms with Gasteiger partial charge in [0.15, 0.2) is 0 Å². The lowest BCUT2D eigenvalue weighted by Gasteiger charge is -2.25. The summed E-state index contributed by atoms with van der Waals surface area (Å²) < 4.78 is 11.1. The molecule has 1 aromatic carbocycles. The molecule has 3 nitrogen and oxygen atoms in total. The number of methoxy groups -OCH3 is 1. The van der Waals surface area contributed by atoms with Gasteiger partial charge in [-0.1, -0.05) is 30.3 Å². The minimum absolute atomic E-state index is 0.0782. The molecule has 1 atom stereocenters. The van der Waals surface area contributed by atoms with Crippen LogP contribution in [0.3, 0.4) is 0 Å². The summed E-state index contributed by atoms with van der Waals surface area (Å²) >= 11 is 0. The monoisotopic (exact) mass is 251 g/mol. The molecule has 0 fully saturated rings. The van der Waals surface area contributed by atoms with Gasteiger partial charge in [-0.25, -0.2) is 0 Å². The number of nitrogens with one attached hydrogen (secondary N) is 1. The minimum atomic E-state index is 0.0782. The van der Waals surface area contributed by atoms with Gasteiger partial charge < -0.3 is 14.8 Å². The SMILES string of the molecule is COCC(CNC(C)(C)C)OCc1ccccc1. The Labute approximate surface area is 110 Å². The molecule has 102 valence electrons. The molecule has 0 spiro atoms. The Morgan fingerprint density at radius 3 is 2.39 bits per heavy atom. The second kappa shape index (κ2) is 7.52. The zero-order valence-electron chi connectivity index (χ0n) is 11.9. The Hall–Kier alpha value is -0.900. The number of rotatable bonds is 7. The number of benzene rings is 1. The molecule has 0 aliphatic rings. The Morgan fingerprint density at radius 2 is 1.83 bits per heavy atom. The van der Waals surface area contributed by atoms with E-state index in [9.17, 15) is 0 Å². The third-order valence-electron chi connectivity index (χ3n) is 2.54. The number of hydrogen-bond acceptors (Lipinski definition) is 3. The zero-order chi connectivity index (χ0) is 13.4. The van der Waals surface area contributed by atoms with Crippen molar-refractivity contribution >= 4 is 0 Å². The van der Waals surface area contributed by atoms with Crippen LogP contribution in [-0.2, 0) is 16.1 Å². The summed E-state index contributed by atoms with van der Waals surface area (Å²) in [6.45, 7) is 8.47. The maximum atomic E-state index is 5.88. The molecule has 3 heteroatoms. The second-order valence-corrected chi connectivity index (χ2v) is 5.50. The summed E-state index contributed by atoms with van der Waals surface area (Å²) in [7, 11) is 1.70. The lowest BCUT2D eigenvalue weighted by atomic mass is 10.1. The van der Waals surface area contributed by atoms with Crippen LogP contribution in [-0.4, -0.2) is 31.9 Å². The van der Waals surface area contributed by atoms with Gasteiger partial charge in [0.2, 0.25) is 0 Å². The fourth-order valence-electron chi connectivity index (χ4n) is 1.56. The average Bonchev–Trinajstić information content (AvgIpc) is 2.33. The standard InChI is InChI=1S/C15H25NO2/c1-15(2,3)16-10-14(12-17-4)18-11-13-8-6-5-7-9-13/h5-9,14,16H,10-12H2,1-4H3. The highest BCUT2D eigenvalue weighted by atomic mass is 16.5. The number of ether oxygens (including phenoxy) is 2. The third kappa shape index (κ3) is 6.74. The van der Waals surface area contributed by atoms with Crippen LogP contribution in [0, 0.1) is 0 Å². The molecule has 0 aromatic heterocycles. The first kappa shape index (κ1) is 15.2. The van der Waals surface area contributed by atoms with Crippen LogP contribution in [0.4, 0.5) is 0 Å². The Kier molecular flexibility index (Phi) is 6.33. The largest absolute Gasteiger partial charge is 0.382 e. The van der Waals surface area contributed by atoms with E-state index < -0.39 is 0 Å². The smallest absolute Gasteiger partial charge is 0.0937 e. The normalized spacial score (nSPS) is 13.6. The fraction of sp³-hybridized carbons (Fsp3) is 0.600. The van der Waals surface area contributed by atoms with Crippen LogP contribution >= 0.6 is 0 Å². The highest BCUT2D eigenvalue weighted by Gasteiger charge is 2.14. The van der Waals surface area contributed by atoms with Crippen molar-refractivity contribution in [3.63, 3.8) is 0 Å². The molecule has 1 aromatic rings. The van der Waals surface area contributed by atoms with E-state index >= 15 is 0 Å². The molecule has 0 amide bonds. The lowest BCUT2D eigenvalue weighted by molar-refractivity contribution is -0.0128. The van der Waals surface area contributed by atoms with E-state index in [1.165, 1.54) is 5.56 Å². The van der Waals surface area contributed by atoms with Crippen molar-refractivity contribution in [3.8, 4) is 0 Å². The van der Waals surface area contributed by atoms with Gasteiger partial charge in [-0.05, 0) is 26.3 Å². The van der Waals surface area contributed by atoms with Crippen LogP contribution in [0.15, 0.2) is 30.3 Å². The maximum Gasteiger partial charge on any atom is 0.0937 e. The van der Waals surface area contributed by atoms with Gasteiger partial charge in [0.1, 0.15) is 0 Å². The molecule has 18 heavy (non-hydrogen) atoms. The van der Waals surface area contributed by atoms with E-state index in [2.05, 4.69) is 38.2 Å². The van der Waals surface area contributed by atoms with E-state index in [0.29, 0.717) is 13.2 Å². The molecular formula is C15H25NO2. The average molecular weight is 251 g/mol. The third-order valence-corrected chi connectivity index (χ3v) is 2.54. The van der Waals surface area contributed by atoms with Crippen LogP contribution in [0.1, 0.15) is 26.3 Å². The molecule has 1 N–H and O–H groups in total. The van der Waals surface area contributed by atoms with Gasteiger partial charge in [-0.15, -0.1) is 0 Å². The van der Waals surface area contributed by atoms with Crippen molar-refractivity contribution in [2.45, 2.75) is 39.0 Å². The summed E-state index contributed by atoms with van der Waals surface area (Å²) in [5.41, 5.74) is 1.29. The maximum absolute atomic E-state index is 5.88. The van der Waals surface area contributed by atoms with Gasteiger partial charge in [0.25, 0.3) is 0 Å². The van der Waals surface area contributed by atoms with Gasteiger partial charge in [-0.2, -0.15) is 0 Å². The zero-order valence-corrected chi connectivity index (χ0v) is 11.9. The summed E-state index contributed by atoms with van der Waals surface area (Å²) in [6.07, 6.45) is 0.0782. The molecule has 0 aliphatic carbocycles. The molecule has 1 rings (SSSR count). The van der Waals surface area contributed by atoms with Crippen LogP contribution in [0.2, 0.25) is 0 Å². The molecular weight excluding hydrogens is 226 g/mol. The van der Waals surface area contributed by atoms with E-state index in [4.69, 9.17) is 9.47 Å². The lowest BCUT2D eigenvalue weighted by Crippen LogP contribution is -2.43. The summed E-state index contributed by atoms with van der Waals surface area (Å²) in [5, 5.41) is 3.44. The van der Waals surface area contributed by atoms with Crippen LogP contribution in [0.5, 0.6) is 0 Å². The molecule has 0 bridgehead atoms. The minimum Gasteiger partial charge on any atom is -0.382 e. The molecule has 1 unspecified atom stereocenters. The Morgan fingerprint density at radius 1 is 1.17 bits per heavy atom. The van der Waals surface area contributed by atoms with Crippen molar-refractivity contribution in [2.24, 2.45) is 0 Å². The quantitative estimate of drug-likeness (QED) is 0.808. The highest BCUT2D eigenvalue weighted by molar-refractivity contribution is 5.13. The second-order valence-electron chi connectivity index (χ2n) is 5.50. The molecule has 0 aliphatic heterocycles. The van der Waals surface area contributed by atoms with Crippen molar-refractivity contribution in [1.29, 1.82) is 0 Å². The van der Waals surface area contributed by atoms with Crippen LogP contribution in [0.25, 0.3) is 0 Å². The summed E-state index contributed by atoms with van der Waals surface area (Å²) in [4.78, 5) is 0. The van der Waals surface area contributed by atoms with Gasteiger partial charge >= 0.3 is 0 Å². The van der Waals surface area contributed by atoms with Crippen molar-refractivity contribution in [1.82, 2.24) is 5.32 Å². The Balaban J connectivity index is 2.38. The topological polar surface area (TPSA) is 30.5 Å². The Bertz CT molecular complexity index is 319. The fourth-order valence-corrected chi connectivity index (χ4v) is 1.56. The number of hydrogen-bond donors (Lipinski definition) is 1.